The number of carbonyl (C=O) groups excluding carboxylic acids is 3. The molecule has 4 atom stereocenters. The summed E-state index contributed by atoms with van der Waals surface area (Å²) >= 11 is 0. The molecule has 0 unspecified atom stereocenters. The molecule has 0 aliphatic carbocycles. The smallest absolute Gasteiger partial charge is 0.326 e. The molecule has 0 saturated carbocycles. The number of aliphatic carboxylic acids is 1. The number of fused-ring (bicyclic) bond motifs is 1. The number of amides is 3. The van der Waals surface area contributed by atoms with Crippen molar-refractivity contribution >= 4 is 34.6 Å². The van der Waals surface area contributed by atoms with Crippen LogP contribution in [0.2, 0.25) is 0 Å². The number of hydrogen-bond donors (Lipinski definition) is 7. The number of para-hydroxylation sites is 1. The van der Waals surface area contributed by atoms with Crippen LogP contribution in [-0.2, 0) is 38.4 Å². The Balaban J connectivity index is 1.57. The third kappa shape index (κ3) is 9.75. The largest absolute Gasteiger partial charge is 0.480 e. The van der Waals surface area contributed by atoms with Gasteiger partial charge in [-0.25, -0.2) is 4.79 Å². The van der Waals surface area contributed by atoms with Crippen molar-refractivity contribution in [3.05, 3.63) is 108 Å². The molecule has 3 amide bonds. The molecule has 0 fully saturated rings. The molecule has 1 heterocycles. The number of aromatic nitrogens is 1. The van der Waals surface area contributed by atoms with Crippen LogP contribution >= 0.6 is 0 Å². The van der Waals surface area contributed by atoms with Crippen molar-refractivity contribution in [1.82, 2.24) is 20.9 Å². The highest BCUT2D eigenvalue weighted by molar-refractivity contribution is 5.95. The number of carboxylic acid groups (broad SMARTS) is 1. The summed E-state index contributed by atoms with van der Waals surface area (Å²) in [4.78, 5) is 56.0. The third-order valence-corrected chi connectivity index (χ3v) is 7.84. The van der Waals surface area contributed by atoms with E-state index < -0.39 is 47.9 Å². The Labute approximate surface area is 268 Å². The minimum Gasteiger partial charge on any atom is -0.480 e. The van der Waals surface area contributed by atoms with Crippen molar-refractivity contribution < 1.29 is 24.3 Å². The van der Waals surface area contributed by atoms with E-state index in [0.29, 0.717) is 19.4 Å². The van der Waals surface area contributed by atoms with E-state index in [4.69, 9.17) is 11.5 Å². The van der Waals surface area contributed by atoms with E-state index in [1.165, 1.54) is 0 Å². The quantitative estimate of drug-likeness (QED) is 0.0873. The van der Waals surface area contributed by atoms with Gasteiger partial charge in [-0.1, -0.05) is 78.9 Å². The molecule has 0 radical (unpaired) electrons. The summed E-state index contributed by atoms with van der Waals surface area (Å²) in [6.45, 7) is 0.406. The lowest BCUT2D eigenvalue weighted by molar-refractivity contribution is -0.142. The maximum absolute atomic E-state index is 13.9. The molecule has 11 heteroatoms. The van der Waals surface area contributed by atoms with Crippen LogP contribution in [0.3, 0.4) is 0 Å². The molecule has 0 spiro atoms. The van der Waals surface area contributed by atoms with Crippen LogP contribution in [0.4, 0.5) is 0 Å². The number of carboxylic acids is 1. The number of unbranched alkanes of at least 4 members (excludes halogenated alkanes) is 1. The Hall–Kier alpha value is -5.00. The van der Waals surface area contributed by atoms with Crippen LogP contribution in [0.15, 0.2) is 91.1 Å². The van der Waals surface area contributed by atoms with E-state index in [0.717, 1.165) is 27.6 Å². The van der Waals surface area contributed by atoms with Gasteiger partial charge in [0, 0.05) is 29.9 Å². The van der Waals surface area contributed by atoms with Crippen LogP contribution in [0.25, 0.3) is 10.9 Å². The topological polar surface area (TPSA) is 192 Å². The van der Waals surface area contributed by atoms with Gasteiger partial charge in [-0.3, -0.25) is 14.4 Å². The summed E-state index contributed by atoms with van der Waals surface area (Å²) in [7, 11) is 0. The first-order valence-corrected chi connectivity index (χ1v) is 15.5. The molecular weight excluding hydrogens is 584 g/mol. The van der Waals surface area contributed by atoms with Crippen LogP contribution in [0, 0.1) is 0 Å². The normalized spacial score (nSPS) is 13.7. The van der Waals surface area contributed by atoms with Gasteiger partial charge in [-0.2, -0.15) is 0 Å². The number of rotatable bonds is 17. The van der Waals surface area contributed by atoms with Gasteiger partial charge >= 0.3 is 5.97 Å². The van der Waals surface area contributed by atoms with E-state index in [1.54, 1.807) is 6.20 Å². The van der Waals surface area contributed by atoms with Gasteiger partial charge in [-0.15, -0.1) is 0 Å². The summed E-state index contributed by atoms with van der Waals surface area (Å²) in [5.41, 5.74) is 15.1. The summed E-state index contributed by atoms with van der Waals surface area (Å²) in [5, 5.41) is 18.9. The Morgan fingerprint density at radius 3 is 1.85 bits per heavy atom. The van der Waals surface area contributed by atoms with Gasteiger partial charge in [0.1, 0.15) is 18.1 Å². The summed E-state index contributed by atoms with van der Waals surface area (Å²) in [6.07, 6.45) is 3.59. The number of aromatic amines is 1. The predicted octanol–water partition coefficient (Wildman–Crippen LogP) is 2.19. The first-order chi connectivity index (χ1) is 22.2. The number of carbonyl (C=O) groups is 4. The first-order valence-electron chi connectivity index (χ1n) is 15.5. The molecule has 1 aromatic heterocycles. The maximum atomic E-state index is 13.9. The van der Waals surface area contributed by atoms with Crippen molar-refractivity contribution in [3.63, 3.8) is 0 Å². The number of nitrogens with one attached hydrogen (secondary N) is 4. The Morgan fingerprint density at radius 2 is 1.22 bits per heavy atom. The van der Waals surface area contributed by atoms with Crippen molar-refractivity contribution in [2.24, 2.45) is 11.5 Å². The second-order valence-electron chi connectivity index (χ2n) is 11.4. The lowest BCUT2D eigenvalue weighted by atomic mass is 10.0. The van der Waals surface area contributed by atoms with E-state index in [2.05, 4.69) is 20.9 Å². The fraction of sp³-hybridized carbons (Fsp3) is 0.314. The second kappa shape index (κ2) is 16.9. The molecule has 0 aliphatic rings. The van der Waals surface area contributed by atoms with Gasteiger partial charge in [-0.05, 0) is 55.0 Å². The first kappa shape index (κ1) is 33.9. The van der Waals surface area contributed by atoms with Gasteiger partial charge in [0.2, 0.25) is 17.7 Å². The number of benzene rings is 3. The zero-order valence-corrected chi connectivity index (χ0v) is 25.7. The van der Waals surface area contributed by atoms with Crippen molar-refractivity contribution in [2.75, 3.05) is 6.54 Å². The summed E-state index contributed by atoms with van der Waals surface area (Å²) in [6, 6.07) is 21.8. The van der Waals surface area contributed by atoms with Crippen LogP contribution in [0.5, 0.6) is 0 Å². The zero-order valence-electron chi connectivity index (χ0n) is 25.7. The summed E-state index contributed by atoms with van der Waals surface area (Å²) < 4.78 is 0. The van der Waals surface area contributed by atoms with Gasteiger partial charge in [0.25, 0.3) is 0 Å². The van der Waals surface area contributed by atoms with Gasteiger partial charge in [0.15, 0.2) is 0 Å². The molecule has 46 heavy (non-hydrogen) atoms. The Morgan fingerprint density at radius 1 is 0.674 bits per heavy atom. The molecule has 0 aliphatic heterocycles. The molecule has 11 nitrogen and oxygen atoms in total. The highest BCUT2D eigenvalue weighted by Gasteiger charge is 2.31. The zero-order chi connectivity index (χ0) is 32.9. The number of hydrogen-bond acceptors (Lipinski definition) is 6. The number of nitrogens with two attached hydrogens (primary N) is 2. The van der Waals surface area contributed by atoms with E-state index in [1.807, 2.05) is 84.9 Å². The highest BCUT2D eigenvalue weighted by atomic mass is 16.4. The molecule has 9 N–H and O–H groups in total. The SMILES string of the molecule is NCCCC[C@@H](NC(=O)[C@@H](Cc1c[nH]c2ccccc12)NC(=O)[C@H](Cc1ccccc1)NC(=O)[C@@H](N)Cc1ccccc1)C(=O)O. The maximum Gasteiger partial charge on any atom is 0.326 e. The fourth-order valence-corrected chi connectivity index (χ4v) is 5.32. The lowest BCUT2D eigenvalue weighted by Crippen LogP contribution is -2.58. The van der Waals surface area contributed by atoms with Crippen molar-refractivity contribution in [2.45, 2.75) is 62.7 Å². The molecule has 0 saturated heterocycles. The van der Waals surface area contributed by atoms with Gasteiger partial charge in [0.05, 0.1) is 6.04 Å². The van der Waals surface area contributed by atoms with Crippen molar-refractivity contribution in [1.29, 1.82) is 0 Å². The fourth-order valence-electron chi connectivity index (χ4n) is 5.32. The highest BCUT2D eigenvalue weighted by Crippen LogP contribution is 2.19. The van der Waals surface area contributed by atoms with E-state index >= 15 is 0 Å². The van der Waals surface area contributed by atoms with Crippen LogP contribution in [0.1, 0.15) is 36.0 Å². The Kier molecular flexibility index (Phi) is 12.4. The van der Waals surface area contributed by atoms with E-state index in [-0.39, 0.29) is 25.7 Å². The Bertz CT molecular complexity index is 1590. The van der Waals surface area contributed by atoms with Crippen LogP contribution in [-0.4, -0.2) is 64.5 Å². The molecular formula is C35H42N6O5. The van der Waals surface area contributed by atoms with Gasteiger partial charge < -0.3 is 37.5 Å². The van der Waals surface area contributed by atoms with E-state index in [9.17, 15) is 24.3 Å². The number of H-pyrrole nitrogens is 1. The molecule has 242 valence electrons. The predicted molar refractivity (Wildman–Crippen MR) is 177 cm³/mol. The van der Waals surface area contributed by atoms with Crippen LogP contribution < -0.4 is 27.4 Å². The standard InChI is InChI=1S/C35H42N6O5/c36-18-10-9-17-29(35(45)46)39-34(44)31(21-25-22-38-28-16-8-7-15-26(25)28)41-33(43)30(20-24-13-5-2-6-14-24)40-32(42)27(37)19-23-11-3-1-4-12-23/h1-8,11-16,22,27,29-31,38H,9-10,17-21,36-37H2,(H,39,44)(H,40,42)(H,41,43)(H,45,46)/t27-,29+,30-,31+/m0/s1. The molecule has 3 aromatic carbocycles. The molecule has 4 rings (SSSR count). The second-order valence-corrected chi connectivity index (χ2v) is 11.4. The van der Waals surface area contributed by atoms with Crippen molar-refractivity contribution in [3.8, 4) is 0 Å². The lowest BCUT2D eigenvalue weighted by Gasteiger charge is -2.25. The third-order valence-electron chi connectivity index (χ3n) is 7.84. The minimum absolute atomic E-state index is 0.0796. The molecule has 4 aromatic rings. The minimum atomic E-state index is -1.18. The monoisotopic (exact) mass is 626 g/mol. The molecule has 0 bridgehead atoms. The average molecular weight is 627 g/mol. The summed E-state index contributed by atoms with van der Waals surface area (Å²) in [5.74, 6) is -2.93. The average Bonchev–Trinajstić information content (AvgIpc) is 3.47.